The summed E-state index contributed by atoms with van der Waals surface area (Å²) in [6.45, 7) is 4.21. The number of carbonyl (C=O) groups is 1. The van der Waals surface area contributed by atoms with Gasteiger partial charge in [0, 0.05) is 12.7 Å². The highest BCUT2D eigenvalue weighted by Crippen LogP contribution is 2.00. The van der Waals surface area contributed by atoms with Gasteiger partial charge in [0.05, 0.1) is 0 Å². The van der Waals surface area contributed by atoms with Gasteiger partial charge in [-0.05, 0) is 12.5 Å². The van der Waals surface area contributed by atoms with E-state index in [4.69, 9.17) is 5.11 Å². The van der Waals surface area contributed by atoms with Crippen molar-refractivity contribution >= 4 is 11.9 Å². The van der Waals surface area contributed by atoms with Gasteiger partial charge in [-0.25, -0.2) is 14.8 Å². The van der Waals surface area contributed by atoms with Crippen molar-refractivity contribution in [2.24, 2.45) is 0 Å². The summed E-state index contributed by atoms with van der Waals surface area (Å²) in [4.78, 5) is 18.2. The zero-order chi connectivity index (χ0) is 10.4. The van der Waals surface area contributed by atoms with E-state index in [1.54, 1.807) is 6.08 Å². The Morgan fingerprint density at radius 1 is 1.71 bits per heavy atom. The van der Waals surface area contributed by atoms with Crippen molar-refractivity contribution in [2.45, 2.75) is 6.42 Å². The summed E-state index contributed by atoms with van der Waals surface area (Å²) in [5.74, 6) is -0.731. The van der Waals surface area contributed by atoms with Crippen LogP contribution in [0.4, 0.5) is 5.95 Å². The van der Waals surface area contributed by atoms with Crippen LogP contribution < -0.4 is 5.32 Å². The fourth-order valence-electron chi connectivity index (χ4n) is 0.849. The number of hydrogen-bond donors (Lipinski definition) is 2. The fourth-order valence-corrected chi connectivity index (χ4v) is 0.849. The first-order valence-corrected chi connectivity index (χ1v) is 4.15. The highest BCUT2D eigenvalue weighted by molar-refractivity contribution is 5.85. The average molecular weight is 193 g/mol. The largest absolute Gasteiger partial charge is 0.477 e. The van der Waals surface area contributed by atoms with Crippen molar-refractivity contribution in [3.8, 4) is 0 Å². The van der Waals surface area contributed by atoms with Crippen LogP contribution in [-0.4, -0.2) is 27.6 Å². The molecule has 0 atom stereocenters. The molecule has 0 radical (unpaired) electrons. The first-order valence-electron chi connectivity index (χ1n) is 4.15. The summed E-state index contributed by atoms with van der Waals surface area (Å²) < 4.78 is 0. The van der Waals surface area contributed by atoms with Crippen molar-refractivity contribution in [3.05, 3.63) is 30.6 Å². The number of nitrogens with zero attached hydrogens (tertiary/aromatic N) is 2. The van der Waals surface area contributed by atoms with Crippen LogP contribution in [0.3, 0.4) is 0 Å². The molecule has 1 rings (SSSR count). The van der Waals surface area contributed by atoms with Crippen LogP contribution in [-0.2, 0) is 0 Å². The van der Waals surface area contributed by atoms with E-state index in [1.807, 2.05) is 0 Å². The molecule has 0 spiro atoms. The Morgan fingerprint density at radius 3 is 3.14 bits per heavy atom. The van der Waals surface area contributed by atoms with Gasteiger partial charge < -0.3 is 10.4 Å². The summed E-state index contributed by atoms with van der Waals surface area (Å²) in [5, 5.41) is 11.5. The monoisotopic (exact) mass is 193 g/mol. The third kappa shape index (κ3) is 2.85. The highest BCUT2D eigenvalue weighted by atomic mass is 16.4. The maximum absolute atomic E-state index is 10.5. The average Bonchev–Trinajstić information content (AvgIpc) is 2.19. The van der Waals surface area contributed by atoms with Crippen LogP contribution in [0, 0.1) is 0 Å². The molecule has 0 aliphatic heterocycles. The molecule has 0 aliphatic rings. The van der Waals surface area contributed by atoms with Crippen LogP contribution >= 0.6 is 0 Å². The number of nitrogens with one attached hydrogen (secondary N) is 1. The SMILES string of the molecule is C=CCCNc1nccc(C(=O)O)n1. The van der Waals surface area contributed by atoms with Crippen LogP contribution in [0.25, 0.3) is 0 Å². The molecule has 1 aromatic rings. The topological polar surface area (TPSA) is 75.1 Å². The Hall–Kier alpha value is -1.91. The Bertz CT molecular complexity index is 339. The third-order valence-electron chi connectivity index (χ3n) is 1.51. The number of aromatic nitrogens is 2. The highest BCUT2D eigenvalue weighted by Gasteiger charge is 2.04. The smallest absolute Gasteiger partial charge is 0.354 e. The predicted molar refractivity (Wildman–Crippen MR) is 52.3 cm³/mol. The van der Waals surface area contributed by atoms with E-state index in [9.17, 15) is 4.79 Å². The lowest BCUT2D eigenvalue weighted by molar-refractivity contribution is 0.0690. The number of aromatic carboxylic acids is 1. The van der Waals surface area contributed by atoms with Gasteiger partial charge in [-0.3, -0.25) is 0 Å². The van der Waals surface area contributed by atoms with Gasteiger partial charge in [0.15, 0.2) is 5.69 Å². The summed E-state index contributed by atoms with van der Waals surface area (Å²) >= 11 is 0. The van der Waals surface area contributed by atoms with Gasteiger partial charge >= 0.3 is 5.97 Å². The second-order valence-corrected chi connectivity index (χ2v) is 2.57. The standard InChI is InChI=1S/C9H11N3O2/c1-2-3-5-10-9-11-6-4-7(12-9)8(13)14/h2,4,6H,1,3,5H2,(H,13,14)(H,10,11,12). The minimum atomic E-state index is -1.06. The molecule has 0 unspecified atom stereocenters. The maximum atomic E-state index is 10.5. The summed E-state index contributed by atoms with van der Waals surface area (Å²) in [7, 11) is 0. The molecule has 0 amide bonds. The van der Waals surface area contributed by atoms with E-state index in [0.29, 0.717) is 12.5 Å². The normalized spacial score (nSPS) is 9.43. The van der Waals surface area contributed by atoms with Gasteiger partial charge in [-0.1, -0.05) is 6.08 Å². The van der Waals surface area contributed by atoms with E-state index in [1.165, 1.54) is 12.3 Å². The molecule has 0 aliphatic carbocycles. The molecule has 14 heavy (non-hydrogen) atoms. The van der Waals surface area contributed by atoms with Crippen LogP contribution in [0.15, 0.2) is 24.9 Å². The lowest BCUT2D eigenvalue weighted by Crippen LogP contribution is -2.08. The van der Waals surface area contributed by atoms with Crippen LogP contribution in [0.5, 0.6) is 0 Å². The molecular formula is C9H11N3O2. The van der Waals surface area contributed by atoms with Crippen molar-refractivity contribution in [1.82, 2.24) is 9.97 Å². The molecule has 2 N–H and O–H groups in total. The fraction of sp³-hybridized carbons (Fsp3) is 0.222. The first kappa shape index (κ1) is 10.2. The minimum absolute atomic E-state index is 0.0129. The number of rotatable bonds is 5. The number of anilines is 1. The lowest BCUT2D eigenvalue weighted by Gasteiger charge is -2.02. The second-order valence-electron chi connectivity index (χ2n) is 2.57. The molecule has 5 nitrogen and oxygen atoms in total. The van der Waals surface area contributed by atoms with Crippen molar-refractivity contribution in [1.29, 1.82) is 0 Å². The molecule has 0 fully saturated rings. The second kappa shape index (κ2) is 4.96. The van der Waals surface area contributed by atoms with E-state index in [-0.39, 0.29) is 5.69 Å². The van der Waals surface area contributed by atoms with E-state index < -0.39 is 5.97 Å². The predicted octanol–water partition coefficient (Wildman–Crippen LogP) is 1.16. The zero-order valence-corrected chi connectivity index (χ0v) is 7.60. The summed E-state index contributed by atoms with van der Waals surface area (Å²) in [6, 6.07) is 1.35. The summed E-state index contributed by atoms with van der Waals surface area (Å²) in [5.41, 5.74) is -0.0129. The van der Waals surface area contributed by atoms with Crippen LogP contribution in [0.1, 0.15) is 16.9 Å². The molecule has 0 saturated carbocycles. The maximum Gasteiger partial charge on any atom is 0.354 e. The lowest BCUT2D eigenvalue weighted by atomic mass is 10.4. The van der Waals surface area contributed by atoms with Crippen molar-refractivity contribution < 1.29 is 9.90 Å². The zero-order valence-electron chi connectivity index (χ0n) is 7.60. The molecule has 74 valence electrons. The van der Waals surface area contributed by atoms with Crippen molar-refractivity contribution in [2.75, 3.05) is 11.9 Å². The van der Waals surface area contributed by atoms with E-state index in [2.05, 4.69) is 21.9 Å². The quantitative estimate of drug-likeness (QED) is 0.542. The summed E-state index contributed by atoms with van der Waals surface area (Å²) in [6.07, 6.45) is 3.95. The molecule has 5 heteroatoms. The number of carboxylic acid groups (broad SMARTS) is 1. The van der Waals surface area contributed by atoms with Gasteiger partial charge in [0.2, 0.25) is 5.95 Å². The van der Waals surface area contributed by atoms with Gasteiger partial charge in [0.25, 0.3) is 0 Å². The van der Waals surface area contributed by atoms with Gasteiger partial charge in [-0.15, -0.1) is 6.58 Å². The molecule has 0 aromatic carbocycles. The Kier molecular flexibility index (Phi) is 3.60. The van der Waals surface area contributed by atoms with Gasteiger partial charge in [-0.2, -0.15) is 0 Å². The number of carboxylic acids is 1. The third-order valence-corrected chi connectivity index (χ3v) is 1.51. The molecular weight excluding hydrogens is 182 g/mol. The number of hydrogen-bond acceptors (Lipinski definition) is 4. The Labute approximate surface area is 81.5 Å². The van der Waals surface area contributed by atoms with Crippen LogP contribution in [0.2, 0.25) is 0 Å². The molecule has 1 aromatic heterocycles. The molecule has 0 saturated heterocycles. The van der Waals surface area contributed by atoms with E-state index in [0.717, 1.165) is 6.42 Å². The molecule has 0 bridgehead atoms. The van der Waals surface area contributed by atoms with E-state index >= 15 is 0 Å². The Morgan fingerprint density at radius 2 is 2.50 bits per heavy atom. The Balaban J connectivity index is 2.63. The molecule has 1 heterocycles. The first-order chi connectivity index (χ1) is 6.74. The van der Waals surface area contributed by atoms with Crippen molar-refractivity contribution in [3.63, 3.8) is 0 Å². The minimum Gasteiger partial charge on any atom is -0.477 e. The van der Waals surface area contributed by atoms with Gasteiger partial charge in [0.1, 0.15) is 0 Å².